The Morgan fingerprint density at radius 2 is 1.68 bits per heavy atom. The molecule has 0 saturated carbocycles. The molecule has 0 atom stereocenters. The van der Waals surface area contributed by atoms with E-state index in [1.54, 1.807) is 44.2 Å². The van der Waals surface area contributed by atoms with Crippen molar-refractivity contribution >= 4 is 16.9 Å². The van der Waals surface area contributed by atoms with Gasteiger partial charge in [0.1, 0.15) is 5.76 Å². The van der Waals surface area contributed by atoms with Crippen LogP contribution < -0.4 is 14.9 Å². The predicted molar refractivity (Wildman–Crippen MR) is 133 cm³/mol. The molecule has 4 rings (SSSR count). The summed E-state index contributed by atoms with van der Waals surface area (Å²) in [5.74, 6) is 1.48. The average molecular weight is 458 g/mol. The average Bonchev–Trinajstić information content (AvgIpc) is 2.88. The Kier molecular flexibility index (Phi) is 6.68. The number of para-hydroxylation sites is 1. The van der Waals surface area contributed by atoms with Crippen LogP contribution in [0.4, 0.5) is 0 Å². The number of benzene rings is 3. The van der Waals surface area contributed by atoms with E-state index in [2.05, 4.69) is 0 Å². The summed E-state index contributed by atoms with van der Waals surface area (Å²) in [6.07, 6.45) is 0. The van der Waals surface area contributed by atoms with Gasteiger partial charge in [0.25, 0.3) is 5.91 Å². The van der Waals surface area contributed by atoms with Gasteiger partial charge in [-0.3, -0.25) is 9.59 Å². The standard InChI is InChI=1S/C28H27NO5/c1-5-29(17-19-14-15-23(32-3)24(16-19)33-4)28(31)22-13-9-12-21-25(30)18(2)26(34-27(21)22)20-10-7-6-8-11-20/h6-16H,5,17H2,1-4H3. The number of methoxy groups -OCH3 is 2. The van der Waals surface area contributed by atoms with Crippen LogP contribution in [-0.2, 0) is 6.54 Å². The Balaban J connectivity index is 1.77. The number of carbonyl (C=O) groups is 1. The van der Waals surface area contributed by atoms with Gasteiger partial charge in [-0.2, -0.15) is 0 Å². The predicted octanol–water partition coefficient (Wildman–Crippen LogP) is 5.45. The minimum atomic E-state index is -0.214. The second-order valence-electron chi connectivity index (χ2n) is 7.94. The molecule has 0 unspecified atom stereocenters. The lowest BCUT2D eigenvalue weighted by atomic mass is 10.0. The van der Waals surface area contributed by atoms with Gasteiger partial charge in [0, 0.05) is 24.2 Å². The lowest BCUT2D eigenvalue weighted by Crippen LogP contribution is -2.30. The molecule has 1 aromatic heterocycles. The first-order chi connectivity index (χ1) is 16.5. The number of fused-ring (bicyclic) bond motifs is 1. The number of ether oxygens (including phenoxy) is 2. The van der Waals surface area contributed by atoms with Gasteiger partial charge in [-0.25, -0.2) is 0 Å². The van der Waals surface area contributed by atoms with Crippen LogP contribution in [-0.4, -0.2) is 31.6 Å². The molecule has 0 saturated heterocycles. The van der Waals surface area contributed by atoms with E-state index in [-0.39, 0.29) is 11.3 Å². The van der Waals surface area contributed by atoms with Crippen molar-refractivity contribution in [1.82, 2.24) is 4.90 Å². The molecule has 1 amide bonds. The third-order valence-corrected chi connectivity index (χ3v) is 5.90. The first-order valence-corrected chi connectivity index (χ1v) is 11.1. The fourth-order valence-electron chi connectivity index (χ4n) is 4.04. The van der Waals surface area contributed by atoms with Crippen molar-refractivity contribution in [2.45, 2.75) is 20.4 Å². The number of nitrogens with zero attached hydrogens (tertiary/aromatic N) is 1. The van der Waals surface area contributed by atoms with Gasteiger partial charge >= 0.3 is 0 Å². The van der Waals surface area contributed by atoms with E-state index in [1.807, 2.05) is 55.5 Å². The zero-order valence-electron chi connectivity index (χ0n) is 19.8. The maximum Gasteiger partial charge on any atom is 0.257 e. The highest BCUT2D eigenvalue weighted by Gasteiger charge is 2.22. The van der Waals surface area contributed by atoms with E-state index in [0.717, 1.165) is 11.1 Å². The van der Waals surface area contributed by atoms with E-state index in [4.69, 9.17) is 13.9 Å². The molecule has 0 N–H and O–H groups in total. The Morgan fingerprint density at radius 3 is 2.35 bits per heavy atom. The van der Waals surface area contributed by atoms with E-state index in [9.17, 15) is 9.59 Å². The minimum absolute atomic E-state index is 0.141. The second kappa shape index (κ2) is 9.83. The number of hydrogen-bond acceptors (Lipinski definition) is 5. The molecule has 0 fully saturated rings. The van der Waals surface area contributed by atoms with Gasteiger partial charge in [-0.05, 0) is 43.7 Å². The lowest BCUT2D eigenvalue weighted by molar-refractivity contribution is 0.0753. The van der Waals surface area contributed by atoms with Crippen LogP contribution in [0.1, 0.15) is 28.4 Å². The number of hydrogen-bond donors (Lipinski definition) is 0. The summed E-state index contributed by atoms with van der Waals surface area (Å²) in [6, 6.07) is 20.1. The van der Waals surface area contributed by atoms with Gasteiger partial charge in [-0.15, -0.1) is 0 Å². The number of carbonyl (C=O) groups excluding carboxylic acids is 1. The minimum Gasteiger partial charge on any atom is -0.493 e. The summed E-state index contributed by atoms with van der Waals surface area (Å²) >= 11 is 0. The number of rotatable bonds is 7. The summed E-state index contributed by atoms with van der Waals surface area (Å²) in [4.78, 5) is 28.5. The Morgan fingerprint density at radius 1 is 0.941 bits per heavy atom. The van der Waals surface area contributed by atoms with E-state index < -0.39 is 0 Å². The third-order valence-electron chi connectivity index (χ3n) is 5.90. The summed E-state index contributed by atoms with van der Waals surface area (Å²) in [5, 5.41) is 0.394. The molecule has 4 aromatic rings. The highest BCUT2D eigenvalue weighted by Crippen LogP contribution is 2.30. The van der Waals surface area contributed by atoms with Crippen molar-refractivity contribution < 1.29 is 18.7 Å². The van der Waals surface area contributed by atoms with Crippen LogP contribution in [0.2, 0.25) is 0 Å². The van der Waals surface area contributed by atoms with Gasteiger partial charge in [0.05, 0.1) is 25.2 Å². The first-order valence-electron chi connectivity index (χ1n) is 11.1. The van der Waals surface area contributed by atoms with Gasteiger partial charge in [0.15, 0.2) is 22.5 Å². The van der Waals surface area contributed by atoms with Crippen molar-refractivity contribution in [2.24, 2.45) is 0 Å². The maximum absolute atomic E-state index is 13.6. The Bertz CT molecular complexity index is 1390. The topological polar surface area (TPSA) is 69.0 Å². The van der Waals surface area contributed by atoms with Crippen LogP contribution >= 0.6 is 0 Å². The summed E-state index contributed by atoms with van der Waals surface area (Å²) in [6.45, 7) is 4.51. The van der Waals surface area contributed by atoms with Crippen LogP contribution in [0, 0.1) is 6.92 Å². The quantitative estimate of drug-likeness (QED) is 0.369. The normalized spacial score (nSPS) is 10.8. The van der Waals surface area contributed by atoms with Gasteiger partial charge in [0.2, 0.25) is 0 Å². The lowest BCUT2D eigenvalue weighted by Gasteiger charge is -2.22. The molecule has 174 valence electrons. The molecule has 0 radical (unpaired) electrons. The highest BCUT2D eigenvalue weighted by atomic mass is 16.5. The molecule has 0 aliphatic heterocycles. The van der Waals surface area contributed by atoms with Crippen molar-refractivity contribution in [2.75, 3.05) is 20.8 Å². The molecule has 6 nitrogen and oxygen atoms in total. The maximum atomic E-state index is 13.6. The van der Waals surface area contributed by atoms with Crippen molar-refractivity contribution in [3.8, 4) is 22.8 Å². The van der Waals surface area contributed by atoms with Crippen molar-refractivity contribution in [1.29, 1.82) is 0 Å². The summed E-state index contributed by atoms with van der Waals surface area (Å²) in [7, 11) is 3.16. The van der Waals surface area contributed by atoms with Crippen LogP contribution in [0.25, 0.3) is 22.3 Å². The number of amides is 1. The smallest absolute Gasteiger partial charge is 0.257 e. The molecule has 0 spiro atoms. The monoisotopic (exact) mass is 457 g/mol. The molecular formula is C28H27NO5. The fraction of sp³-hybridized carbons (Fsp3) is 0.214. The van der Waals surface area contributed by atoms with Crippen molar-refractivity contribution in [3.05, 3.63) is 93.6 Å². The molecule has 0 bridgehead atoms. The fourth-order valence-corrected chi connectivity index (χ4v) is 4.04. The highest BCUT2D eigenvalue weighted by molar-refractivity contribution is 6.05. The molecule has 0 aliphatic rings. The summed E-state index contributed by atoms with van der Waals surface area (Å²) < 4.78 is 16.9. The van der Waals surface area contributed by atoms with Crippen LogP contribution in [0.3, 0.4) is 0 Å². The molecule has 1 heterocycles. The van der Waals surface area contributed by atoms with E-state index >= 15 is 0 Å². The molecular weight excluding hydrogens is 430 g/mol. The van der Waals surface area contributed by atoms with E-state index in [0.29, 0.717) is 52.4 Å². The molecule has 6 heteroatoms. The summed E-state index contributed by atoms with van der Waals surface area (Å²) in [5.41, 5.74) is 2.72. The van der Waals surface area contributed by atoms with Crippen molar-refractivity contribution in [3.63, 3.8) is 0 Å². The van der Waals surface area contributed by atoms with Crippen LogP contribution in [0.15, 0.2) is 75.9 Å². The zero-order chi connectivity index (χ0) is 24.2. The second-order valence-corrected chi connectivity index (χ2v) is 7.94. The molecule has 0 aliphatic carbocycles. The Hall–Kier alpha value is -4.06. The van der Waals surface area contributed by atoms with E-state index in [1.165, 1.54) is 0 Å². The molecule has 34 heavy (non-hydrogen) atoms. The third kappa shape index (κ3) is 4.27. The first kappa shape index (κ1) is 23.1. The van der Waals surface area contributed by atoms with Gasteiger partial charge in [-0.1, -0.05) is 42.5 Å². The largest absolute Gasteiger partial charge is 0.493 e. The Labute approximate surface area is 198 Å². The molecule has 3 aromatic carbocycles. The zero-order valence-corrected chi connectivity index (χ0v) is 19.8. The van der Waals surface area contributed by atoms with Crippen LogP contribution in [0.5, 0.6) is 11.5 Å². The SMILES string of the molecule is CCN(Cc1ccc(OC)c(OC)c1)C(=O)c1cccc2c(=O)c(C)c(-c3ccccc3)oc12. The van der Waals surface area contributed by atoms with Gasteiger partial charge < -0.3 is 18.8 Å².